The van der Waals surface area contributed by atoms with E-state index in [9.17, 15) is 4.79 Å². The van der Waals surface area contributed by atoms with Crippen LogP contribution in [0.2, 0.25) is 0 Å². The summed E-state index contributed by atoms with van der Waals surface area (Å²) in [6, 6.07) is 0. The molecule has 0 radical (unpaired) electrons. The van der Waals surface area contributed by atoms with E-state index < -0.39 is 0 Å². The minimum Gasteiger partial charge on any atom is -0.338 e. The highest BCUT2D eigenvalue weighted by molar-refractivity contribution is 5.72. The molecular formula is C18H34N3O+. The van der Waals surface area contributed by atoms with E-state index in [4.69, 9.17) is 0 Å². The third kappa shape index (κ3) is 5.16. The molecule has 0 spiro atoms. The zero-order valence-corrected chi connectivity index (χ0v) is 14.8. The first-order valence-electron chi connectivity index (χ1n) is 8.79. The Bertz CT molecular complexity index is 392. The van der Waals surface area contributed by atoms with Gasteiger partial charge in [0.15, 0.2) is 12.3 Å². The van der Waals surface area contributed by atoms with Crippen LogP contribution in [0.5, 0.6) is 0 Å². The molecule has 0 aliphatic carbocycles. The number of carbonyl (C=O) groups excluding carboxylic acids is 1. The summed E-state index contributed by atoms with van der Waals surface area (Å²) >= 11 is 0. The first-order valence-corrected chi connectivity index (χ1v) is 8.79. The van der Waals surface area contributed by atoms with Crippen molar-refractivity contribution in [2.24, 2.45) is 0 Å². The summed E-state index contributed by atoms with van der Waals surface area (Å²) in [5.74, 6) is 0.0383. The van der Waals surface area contributed by atoms with E-state index in [1.54, 1.807) is 6.92 Å². The minimum atomic E-state index is 0.0383. The van der Waals surface area contributed by atoms with Gasteiger partial charge in [0, 0.05) is 20.3 Å². The van der Waals surface area contributed by atoms with Gasteiger partial charge in [-0.2, -0.15) is 0 Å². The average molecular weight is 308 g/mol. The maximum Gasteiger partial charge on any atom is 0.221 e. The normalized spacial score (nSPS) is 25.4. The Balaban J connectivity index is 2.47. The molecule has 4 heteroatoms. The fourth-order valence-electron chi connectivity index (χ4n) is 3.26. The van der Waals surface area contributed by atoms with Crippen LogP contribution in [0.3, 0.4) is 0 Å². The summed E-state index contributed by atoms with van der Waals surface area (Å²) in [5.41, 5.74) is 0. The second-order valence-electron chi connectivity index (χ2n) is 6.23. The van der Waals surface area contributed by atoms with E-state index in [-0.39, 0.29) is 12.1 Å². The van der Waals surface area contributed by atoms with E-state index >= 15 is 0 Å². The van der Waals surface area contributed by atoms with Crippen molar-refractivity contribution >= 4 is 5.91 Å². The van der Waals surface area contributed by atoms with E-state index in [2.05, 4.69) is 49.8 Å². The van der Waals surface area contributed by atoms with Crippen LogP contribution >= 0.6 is 0 Å². The standard InChI is InChI=1S/C18H33N3O/c1-5-7-8-9-10-11-12-13-18-19-14-15-21(18,6-2)16(3)20-17(4)22/h9-10,14-16,18-19H,5-8,11-13H2,1-4H3/p+1/b10-9+. The van der Waals surface area contributed by atoms with Crippen LogP contribution in [0.15, 0.2) is 24.6 Å². The molecule has 3 atom stereocenters. The van der Waals surface area contributed by atoms with Gasteiger partial charge < -0.3 is 10.6 Å². The first-order chi connectivity index (χ1) is 10.6. The number of nitrogens with zero attached hydrogens (tertiary/aromatic N) is 1. The molecule has 1 aliphatic heterocycles. The highest BCUT2D eigenvalue weighted by Crippen LogP contribution is 2.25. The van der Waals surface area contributed by atoms with Gasteiger partial charge in [-0.1, -0.05) is 31.9 Å². The van der Waals surface area contributed by atoms with Crippen LogP contribution in [0, 0.1) is 0 Å². The van der Waals surface area contributed by atoms with E-state index in [0.717, 1.165) is 23.9 Å². The first kappa shape index (κ1) is 18.8. The molecule has 1 rings (SSSR count). The highest BCUT2D eigenvalue weighted by Gasteiger charge is 2.41. The molecule has 0 aromatic rings. The highest BCUT2D eigenvalue weighted by atomic mass is 16.1. The van der Waals surface area contributed by atoms with Gasteiger partial charge in [0.05, 0.1) is 12.7 Å². The Morgan fingerprint density at radius 1 is 1.32 bits per heavy atom. The van der Waals surface area contributed by atoms with E-state index in [0.29, 0.717) is 6.17 Å². The number of rotatable bonds is 10. The Morgan fingerprint density at radius 3 is 2.59 bits per heavy atom. The zero-order valence-electron chi connectivity index (χ0n) is 14.8. The monoisotopic (exact) mass is 308 g/mol. The van der Waals surface area contributed by atoms with Gasteiger partial charge in [-0.25, -0.2) is 0 Å². The van der Waals surface area contributed by atoms with Crippen molar-refractivity contribution in [2.45, 2.75) is 78.6 Å². The molecule has 0 bridgehead atoms. The van der Waals surface area contributed by atoms with Crippen LogP contribution in [0.25, 0.3) is 0 Å². The maximum atomic E-state index is 11.4. The lowest BCUT2D eigenvalue weighted by molar-refractivity contribution is -0.923. The van der Waals surface area contributed by atoms with Gasteiger partial charge in [-0.3, -0.25) is 9.28 Å². The van der Waals surface area contributed by atoms with Crippen LogP contribution in [0.4, 0.5) is 0 Å². The second-order valence-corrected chi connectivity index (χ2v) is 6.23. The molecular weight excluding hydrogens is 274 g/mol. The lowest BCUT2D eigenvalue weighted by Gasteiger charge is -2.41. The van der Waals surface area contributed by atoms with Crippen molar-refractivity contribution in [3.8, 4) is 0 Å². The molecule has 0 aromatic carbocycles. The number of quaternary nitrogens is 1. The molecule has 3 unspecified atom stereocenters. The fourth-order valence-corrected chi connectivity index (χ4v) is 3.26. The Labute approximate surface area is 136 Å². The van der Waals surface area contributed by atoms with E-state index in [1.165, 1.54) is 25.7 Å². The Morgan fingerprint density at radius 2 is 2.00 bits per heavy atom. The molecule has 0 fully saturated rings. The SMILES string of the molecule is CCCC/C=C/CCCC1NC=C[N+]1(CC)C(C)NC(C)=O. The Hall–Kier alpha value is -1.29. The molecule has 22 heavy (non-hydrogen) atoms. The molecule has 126 valence electrons. The van der Waals surface area contributed by atoms with Crippen LogP contribution < -0.4 is 10.6 Å². The van der Waals surface area contributed by atoms with Gasteiger partial charge in [-0.05, 0) is 26.2 Å². The largest absolute Gasteiger partial charge is 0.338 e. The topological polar surface area (TPSA) is 41.1 Å². The number of hydrogen-bond acceptors (Lipinski definition) is 2. The summed E-state index contributed by atoms with van der Waals surface area (Å²) in [4.78, 5) is 11.4. The molecule has 0 saturated carbocycles. The smallest absolute Gasteiger partial charge is 0.221 e. The summed E-state index contributed by atoms with van der Waals surface area (Å²) in [5, 5.41) is 6.54. The molecule has 1 aliphatic rings. The minimum absolute atomic E-state index is 0.0383. The van der Waals surface area contributed by atoms with Crippen molar-refractivity contribution in [1.82, 2.24) is 10.6 Å². The summed E-state index contributed by atoms with van der Waals surface area (Å²) in [6.07, 6.45) is 16.5. The molecule has 0 saturated heterocycles. The van der Waals surface area contributed by atoms with Crippen molar-refractivity contribution in [1.29, 1.82) is 0 Å². The summed E-state index contributed by atoms with van der Waals surface area (Å²) in [6.45, 7) is 9.08. The van der Waals surface area contributed by atoms with Gasteiger partial charge >= 0.3 is 0 Å². The maximum absolute atomic E-state index is 11.4. The zero-order chi connectivity index (χ0) is 16.4. The van der Waals surface area contributed by atoms with Crippen LogP contribution in [0.1, 0.15) is 66.2 Å². The van der Waals surface area contributed by atoms with Crippen molar-refractivity contribution in [2.75, 3.05) is 6.54 Å². The number of hydrogen-bond donors (Lipinski definition) is 2. The van der Waals surface area contributed by atoms with Gasteiger partial charge in [0.2, 0.25) is 5.91 Å². The predicted molar refractivity (Wildman–Crippen MR) is 92.7 cm³/mol. The fraction of sp³-hybridized carbons (Fsp3) is 0.722. The van der Waals surface area contributed by atoms with Crippen molar-refractivity contribution in [3.63, 3.8) is 0 Å². The van der Waals surface area contributed by atoms with Crippen molar-refractivity contribution in [3.05, 3.63) is 24.6 Å². The van der Waals surface area contributed by atoms with Gasteiger partial charge in [0.1, 0.15) is 6.20 Å². The molecule has 1 heterocycles. The number of amides is 1. The lowest BCUT2D eigenvalue weighted by Crippen LogP contribution is -2.62. The number of nitrogens with one attached hydrogen (secondary N) is 2. The molecule has 0 aromatic heterocycles. The molecule has 4 nitrogen and oxygen atoms in total. The summed E-state index contributed by atoms with van der Waals surface area (Å²) < 4.78 is 0.791. The Kier molecular flexibility index (Phi) is 8.25. The van der Waals surface area contributed by atoms with Gasteiger partial charge in [-0.15, -0.1) is 0 Å². The third-order valence-electron chi connectivity index (χ3n) is 4.64. The quantitative estimate of drug-likeness (QED) is 0.368. The molecule has 1 amide bonds. The van der Waals surface area contributed by atoms with Crippen LogP contribution in [-0.2, 0) is 4.79 Å². The third-order valence-corrected chi connectivity index (χ3v) is 4.64. The second kappa shape index (κ2) is 9.67. The number of allylic oxidation sites excluding steroid dienone is 2. The van der Waals surface area contributed by atoms with E-state index in [1.807, 2.05) is 6.20 Å². The number of unbranched alkanes of at least 4 members (excludes halogenated alkanes) is 3. The lowest BCUT2D eigenvalue weighted by atomic mass is 10.1. The summed E-state index contributed by atoms with van der Waals surface area (Å²) in [7, 11) is 0. The van der Waals surface area contributed by atoms with Crippen LogP contribution in [-0.4, -0.2) is 29.3 Å². The van der Waals surface area contributed by atoms with Crippen molar-refractivity contribution < 1.29 is 9.28 Å². The average Bonchev–Trinajstić information content (AvgIpc) is 2.90. The van der Waals surface area contributed by atoms with Gasteiger partial charge in [0.25, 0.3) is 0 Å². The molecule has 2 N–H and O–H groups in total. The predicted octanol–water partition coefficient (Wildman–Crippen LogP) is 3.62. The number of carbonyl (C=O) groups is 1.